The van der Waals surface area contributed by atoms with Crippen molar-refractivity contribution >= 4 is 32.7 Å². The van der Waals surface area contributed by atoms with E-state index in [1.54, 1.807) is 0 Å². The van der Waals surface area contributed by atoms with Gasteiger partial charge in [0.1, 0.15) is 0 Å². The molecule has 3 nitrogen and oxygen atoms in total. The number of nitrogens with zero attached hydrogens (tertiary/aromatic N) is 1. The average molecular weight is 389 g/mol. The second-order valence-electron chi connectivity index (χ2n) is 7.65. The molecule has 24 heavy (non-hydrogen) atoms. The Bertz CT molecular complexity index is 758. The molecule has 0 aliphatic heterocycles. The standard InChI is InChI=1S/C20H25BrN2O/c1-2-23-12-17(16-11-15(21)3-4-18(16)23)19(24)22-13-20-8-5-14(6-9-20)7-10-20/h3-4,11-12,14H,2,5-10,13H2,1H3,(H,22,24). The van der Waals surface area contributed by atoms with Gasteiger partial charge < -0.3 is 9.88 Å². The molecule has 2 aromatic rings. The van der Waals surface area contributed by atoms with E-state index in [-0.39, 0.29) is 5.91 Å². The fourth-order valence-electron chi connectivity index (χ4n) is 4.68. The Morgan fingerprint density at radius 1 is 1.29 bits per heavy atom. The maximum Gasteiger partial charge on any atom is 0.253 e. The topological polar surface area (TPSA) is 34.0 Å². The Balaban J connectivity index is 1.56. The zero-order chi connectivity index (χ0) is 16.7. The number of fused-ring (bicyclic) bond motifs is 4. The zero-order valence-electron chi connectivity index (χ0n) is 14.3. The Kier molecular flexibility index (Phi) is 4.19. The van der Waals surface area contributed by atoms with Crippen LogP contribution in [-0.4, -0.2) is 17.0 Å². The summed E-state index contributed by atoms with van der Waals surface area (Å²) in [6.07, 6.45) is 9.95. The van der Waals surface area contributed by atoms with Crippen LogP contribution in [0.4, 0.5) is 0 Å². The number of nitrogens with one attached hydrogen (secondary N) is 1. The first-order valence-electron chi connectivity index (χ1n) is 9.17. The molecular formula is C20H25BrN2O. The van der Waals surface area contributed by atoms with Gasteiger partial charge >= 0.3 is 0 Å². The number of benzene rings is 1. The van der Waals surface area contributed by atoms with Gasteiger partial charge in [-0.15, -0.1) is 0 Å². The number of halogens is 1. The molecule has 2 bridgehead atoms. The van der Waals surface area contributed by atoms with Gasteiger partial charge in [0.2, 0.25) is 0 Å². The van der Waals surface area contributed by atoms with Crippen LogP contribution >= 0.6 is 15.9 Å². The third-order valence-corrected chi connectivity index (χ3v) is 6.79. The van der Waals surface area contributed by atoms with Crippen LogP contribution in [0, 0.1) is 11.3 Å². The van der Waals surface area contributed by atoms with Crippen LogP contribution in [0.15, 0.2) is 28.9 Å². The molecule has 3 saturated carbocycles. The van der Waals surface area contributed by atoms with Crippen molar-refractivity contribution in [1.29, 1.82) is 0 Å². The van der Waals surface area contributed by atoms with Crippen LogP contribution in [0.5, 0.6) is 0 Å². The number of carbonyl (C=O) groups excluding carboxylic acids is 1. The van der Waals surface area contributed by atoms with Crippen molar-refractivity contribution in [3.05, 3.63) is 34.4 Å². The summed E-state index contributed by atoms with van der Waals surface area (Å²) in [4.78, 5) is 12.9. The second kappa shape index (κ2) is 6.21. The van der Waals surface area contributed by atoms with Crippen molar-refractivity contribution in [2.24, 2.45) is 11.3 Å². The van der Waals surface area contributed by atoms with Crippen molar-refractivity contribution in [2.75, 3.05) is 6.54 Å². The van der Waals surface area contributed by atoms with Gasteiger partial charge in [0.15, 0.2) is 0 Å². The Labute approximate surface area is 151 Å². The van der Waals surface area contributed by atoms with Crippen LogP contribution in [0.25, 0.3) is 10.9 Å². The van der Waals surface area contributed by atoms with Gasteiger partial charge in [0.25, 0.3) is 5.91 Å². The van der Waals surface area contributed by atoms with E-state index >= 15 is 0 Å². The SMILES string of the molecule is CCn1cc(C(=O)NCC23CCC(CC2)CC3)c2cc(Br)ccc21. The summed E-state index contributed by atoms with van der Waals surface area (Å²) < 4.78 is 3.17. The van der Waals surface area contributed by atoms with E-state index in [0.29, 0.717) is 5.41 Å². The number of hydrogen-bond donors (Lipinski definition) is 1. The molecule has 1 N–H and O–H groups in total. The lowest BCUT2D eigenvalue weighted by Crippen LogP contribution is -2.43. The summed E-state index contributed by atoms with van der Waals surface area (Å²) in [5.74, 6) is 1.04. The number of hydrogen-bond acceptors (Lipinski definition) is 1. The monoisotopic (exact) mass is 388 g/mol. The first-order chi connectivity index (χ1) is 11.6. The Morgan fingerprint density at radius 3 is 2.67 bits per heavy atom. The fourth-order valence-corrected chi connectivity index (χ4v) is 5.04. The molecule has 1 aromatic carbocycles. The molecule has 0 unspecified atom stereocenters. The van der Waals surface area contributed by atoms with Gasteiger partial charge in [-0.05, 0) is 75.0 Å². The van der Waals surface area contributed by atoms with Gasteiger partial charge in [-0.25, -0.2) is 0 Å². The quantitative estimate of drug-likeness (QED) is 0.774. The van der Waals surface area contributed by atoms with Gasteiger partial charge in [-0.2, -0.15) is 0 Å². The van der Waals surface area contributed by atoms with E-state index in [4.69, 9.17) is 0 Å². The minimum Gasteiger partial charge on any atom is -0.351 e. The molecule has 0 radical (unpaired) electrons. The summed E-state index contributed by atoms with van der Waals surface area (Å²) in [5.41, 5.74) is 2.30. The Morgan fingerprint density at radius 2 is 2.00 bits per heavy atom. The fraction of sp³-hybridized carbons (Fsp3) is 0.550. The summed E-state index contributed by atoms with van der Waals surface area (Å²) in [6.45, 7) is 3.82. The maximum absolute atomic E-state index is 12.9. The summed E-state index contributed by atoms with van der Waals surface area (Å²) in [5, 5.41) is 4.30. The number of aryl methyl sites for hydroxylation is 1. The first-order valence-corrected chi connectivity index (χ1v) is 9.96. The van der Waals surface area contributed by atoms with Crippen LogP contribution in [0.1, 0.15) is 55.8 Å². The lowest BCUT2D eigenvalue weighted by molar-refractivity contribution is 0.0598. The van der Waals surface area contributed by atoms with E-state index in [1.807, 2.05) is 12.3 Å². The molecule has 3 aliphatic carbocycles. The molecule has 0 saturated heterocycles. The van der Waals surface area contributed by atoms with Crippen LogP contribution in [-0.2, 0) is 6.54 Å². The normalized spacial score (nSPS) is 26.0. The highest BCUT2D eigenvalue weighted by atomic mass is 79.9. The van der Waals surface area contributed by atoms with E-state index in [1.165, 1.54) is 38.5 Å². The molecule has 128 valence electrons. The van der Waals surface area contributed by atoms with Crippen LogP contribution < -0.4 is 5.32 Å². The molecule has 1 heterocycles. The van der Waals surface area contributed by atoms with Gasteiger partial charge in [0, 0.05) is 34.7 Å². The van der Waals surface area contributed by atoms with Crippen LogP contribution in [0.2, 0.25) is 0 Å². The smallest absolute Gasteiger partial charge is 0.253 e. The summed E-state index contributed by atoms with van der Waals surface area (Å²) in [7, 11) is 0. The molecule has 1 aromatic heterocycles. The third-order valence-electron chi connectivity index (χ3n) is 6.30. The average Bonchev–Trinajstić information content (AvgIpc) is 2.99. The third kappa shape index (κ3) is 2.79. The molecule has 4 heteroatoms. The Hall–Kier alpha value is -1.29. The van der Waals surface area contributed by atoms with E-state index in [9.17, 15) is 4.79 Å². The van der Waals surface area contributed by atoms with Crippen molar-refractivity contribution in [3.63, 3.8) is 0 Å². The van der Waals surface area contributed by atoms with Crippen molar-refractivity contribution < 1.29 is 4.79 Å². The molecule has 0 spiro atoms. The summed E-state index contributed by atoms with van der Waals surface area (Å²) in [6, 6.07) is 6.18. The molecule has 1 amide bonds. The first kappa shape index (κ1) is 16.2. The number of rotatable bonds is 4. The number of amides is 1. The lowest BCUT2D eigenvalue weighted by atomic mass is 9.61. The van der Waals surface area contributed by atoms with Gasteiger partial charge in [0.05, 0.1) is 5.56 Å². The summed E-state index contributed by atoms with van der Waals surface area (Å²) >= 11 is 3.53. The largest absolute Gasteiger partial charge is 0.351 e. The minimum absolute atomic E-state index is 0.0763. The number of aromatic nitrogens is 1. The van der Waals surface area contributed by atoms with Gasteiger partial charge in [-0.1, -0.05) is 15.9 Å². The van der Waals surface area contributed by atoms with Crippen molar-refractivity contribution in [2.45, 2.75) is 52.0 Å². The van der Waals surface area contributed by atoms with Gasteiger partial charge in [-0.3, -0.25) is 4.79 Å². The molecular weight excluding hydrogens is 364 g/mol. The lowest BCUT2D eigenvalue weighted by Gasteiger charge is -2.46. The van der Waals surface area contributed by atoms with Crippen molar-refractivity contribution in [3.8, 4) is 0 Å². The maximum atomic E-state index is 12.9. The van der Waals surface area contributed by atoms with E-state index in [0.717, 1.165) is 39.9 Å². The minimum atomic E-state index is 0.0763. The predicted octanol–water partition coefficient (Wildman–Crippen LogP) is 5.12. The highest BCUT2D eigenvalue weighted by Gasteiger charge is 2.40. The molecule has 3 aliphatic rings. The molecule has 3 fully saturated rings. The zero-order valence-corrected chi connectivity index (χ0v) is 15.9. The van der Waals surface area contributed by atoms with Crippen molar-refractivity contribution in [1.82, 2.24) is 9.88 Å². The number of carbonyl (C=O) groups is 1. The highest BCUT2D eigenvalue weighted by molar-refractivity contribution is 9.10. The second-order valence-corrected chi connectivity index (χ2v) is 8.57. The van der Waals surface area contributed by atoms with E-state index in [2.05, 4.69) is 44.9 Å². The molecule has 0 atom stereocenters. The highest BCUT2D eigenvalue weighted by Crippen LogP contribution is 2.49. The van der Waals surface area contributed by atoms with E-state index < -0.39 is 0 Å². The predicted molar refractivity (Wildman–Crippen MR) is 101 cm³/mol. The molecule has 5 rings (SSSR count). The van der Waals surface area contributed by atoms with Crippen LogP contribution in [0.3, 0.4) is 0 Å².